The number of ether oxygens (including phenoxy) is 2. The van der Waals surface area contributed by atoms with Crippen molar-refractivity contribution in [2.75, 3.05) is 13.2 Å². The second-order valence-corrected chi connectivity index (χ2v) is 7.84. The van der Waals surface area contributed by atoms with E-state index in [1.54, 1.807) is 12.1 Å². The van der Waals surface area contributed by atoms with Gasteiger partial charge in [0.15, 0.2) is 6.61 Å². The first kappa shape index (κ1) is 22.1. The zero-order valence-corrected chi connectivity index (χ0v) is 18.0. The second kappa shape index (κ2) is 9.47. The largest absolute Gasteiger partial charge is 0.482 e. The zero-order valence-electron chi connectivity index (χ0n) is 18.0. The van der Waals surface area contributed by atoms with E-state index in [1.807, 2.05) is 45.9 Å². The molecule has 1 N–H and O–H groups in total. The lowest BCUT2D eigenvalue weighted by Gasteiger charge is -2.09. The van der Waals surface area contributed by atoms with Crippen LogP contribution in [0.25, 0.3) is 11.0 Å². The van der Waals surface area contributed by atoms with Crippen molar-refractivity contribution < 1.29 is 23.5 Å². The molecule has 7 heteroatoms. The van der Waals surface area contributed by atoms with Crippen molar-refractivity contribution in [3.8, 4) is 11.5 Å². The smallest absolute Gasteiger partial charge is 0.349 e. The summed E-state index contributed by atoms with van der Waals surface area (Å²) in [6, 6.07) is 11.7. The molecule has 31 heavy (non-hydrogen) atoms. The average Bonchev–Trinajstić information content (AvgIpc) is 2.69. The van der Waals surface area contributed by atoms with Crippen molar-refractivity contribution in [1.29, 1.82) is 0 Å². The Morgan fingerprint density at radius 2 is 1.71 bits per heavy atom. The first-order chi connectivity index (χ1) is 14.7. The van der Waals surface area contributed by atoms with Crippen LogP contribution in [0, 0.1) is 19.8 Å². The van der Waals surface area contributed by atoms with Gasteiger partial charge in [-0.3, -0.25) is 4.79 Å². The van der Waals surface area contributed by atoms with Gasteiger partial charge in [-0.1, -0.05) is 19.9 Å². The molecule has 0 bridgehead atoms. The monoisotopic (exact) mass is 423 g/mol. The third kappa shape index (κ3) is 5.94. The topological polar surface area (TPSA) is 94.8 Å². The summed E-state index contributed by atoms with van der Waals surface area (Å²) in [6.45, 7) is 7.99. The van der Waals surface area contributed by atoms with Crippen LogP contribution >= 0.6 is 0 Å². The first-order valence-corrected chi connectivity index (χ1v) is 9.99. The highest BCUT2D eigenvalue weighted by molar-refractivity contribution is 5.96. The summed E-state index contributed by atoms with van der Waals surface area (Å²) in [5.41, 5.74) is 1.46. The van der Waals surface area contributed by atoms with E-state index in [4.69, 9.17) is 13.9 Å². The van der Waals surface area contributed by atoms with E-state index in [-0.39, 0.29) is 29.4 Å². The summed E-state index contributed by atoms with van der Waals surface area (Å²) in [4.78, 5) is 36.6. The lowest BCUT2D eigenvalue weighted by atomic mass is 10.1. The Morgan fingerprint density at radius 1 is 1.00 bits per heavy atom. The number of hydrogen-bond acceptors (Lipinski definition) is 6. The van der Waals surface area contributed by atoms with E-state index < -0.39 is 17.5 Å². The quantitative estimate of drug-likeness (QED) is 0.353. The summed E-state index contributed by atoms with van der Waals surface area (Å²) in [7, 11) is 0. The van der Waals surface area contributed by atoms with Gasteiger partial charge < -0.3 is 19.2 Å². The maximum absolute atomic E-state index is 12.2. The summed E-state index contributed by atoms with van der Waals surface area (Å²) in [6.07, 6.45) is 0. The molecule has 7 nitrogen and oxygen atoms in total. The zero-order chi connectivity index (χ0) is 22.5. The lowest BCUT2D eigenvalue weighted by Crippen LogP contribution is -2.31. The highest BCUT2D eigenvalue weighted by atomic mass is 16.6. The van der Waals surface area contributed by atoms with Gasteiger partial charge in [0.2, 0.25) is 0 Å². The fourth-order valence-corrected chi connectivity index (χ4v) is 3.02. The van der Waals surface area contributed by atoms with Gasteiger partial charge in [0.05, 0.1) is 0 Å². The van der Waals surface area contributed by atoms with Gasteiger partial charge in [-0.15, -0.1) is 0 Å². The molecule has 1 heterocycles. The molecule has 0 saturated carbocycles. The summed E-state index contributed by atoms with van der Waals surface area (Å²) in [5, 5.41) is 3.24. The van der Waals surface area contributed by atoms with Gasteiger partial charge >= 0.3 is 11.6 Å². The van der Waals surface area contributed by atoms with Gasteiger partial charge in [0, 0.05) is 18.0 Å². The molecule has 1 aromatic heterocycles. The number of nitrogens with one attached hydrogen (secondary N) is 1. The molecule has 0 fully saturated rings. The Morgan fingerprint density at radius 3 is 2.39 bits per heavy atom. The Balaban J connectivity index is 1.69. The lowest BCUT2D eigenvalue weighted by molar-refractivity contribution is -0.136. The molecule has 0 spiro atoms. The van der Waals surface area contributed by atoms with Crippen LogP contribution in [0.15, 0.2) is 51.7 Å². The van der Waals surface area contributed by atoms with Gasteiger partial charge in [-0.05, 0) is 61.2 Å². The fourth-order valence-electron chi connectivity index (χ4n) is 3.02. The minimum absolute atomic E-state index is 0.0697. The fraction of sp³-hybridized carbons (Fsp3) is 0.292. The van der Waals surface area contributed by atoms with Crippen LogP contribution < -0.4 is 20.4 Å². The van der Waals surface area contributed by atoms with Crippen molar-refractivity contribution in [1.82, 2.24) is 5.32 Å². The normalized spacial score (nSPS) is 10.9. The number of fused-ring (bicyclic) bond motifs is 1. The highest BCUT2D eigenvalue weighted by Gasteiger charge is 2.15. The van der Waals surface area contributed by atoms with Crippen molar-refractivity contribution >= 4 is 22.8 Å². The van der Waals surface area contributed by atoms with Crippen LogP contribution in [0.2, 0.25) is 0 Å². The minimum Gasteiger partial charge on any atom is -0.482 e. The number of aryl methyl sites for hydroxylation is 2. The molecule has 0 unspecified atom stereocenters. The van der Waals surface area contributed by atoms with Crippen LogP contribution in [0.5, 0.6) is 11.5 Å². The molecule has 0 aliphatic heterocycles. The van der Waals surface area contributed by atoms with E-state index in [2.05, 4.69) is 5.32 Å². The van der Waals surface area contributed by atoms with Crippen molar-refractivity contribution in [3.05, 3.63) is 69.6 Å². The Labute approximate surface area is 180 Å². The Bertz CT molecular complexity index is 1160. The number of carbonyl (C=O) groups is 2. The molecule has 3 aromatic rings. The maximum Gasteiger partial charge on any atom is 0.349 e. The highest BCUT2D eigenvalue weighted by Crippen LogP contribution is 2.21. The van der Waals surface area contributed by atoms with Crippen LogP contribution in [-0.4, -0.2) is 25.0 Å². The number of carbonyl (C=O) groups excluding carboxylic acids is 2. The number of rotatable bonds is 7. The van der Waals surface area contributed by atoms with Crippen LogP contribution in [0.3, 0.4) is 0 Å². The van der Waals surface area contributed by atoms with E-state index in [9.17, 15) is 14.4 Å². The molecule has 0 aliphatic carbocycles. The molecule has 0 atom stereocenters. The third-order valence-electron chi connectivity index (χ3n) is 4.41. The summed E-state index contributed by atoms with van der Waals surface area (Å²) in [5.74, 6) is -0.0227. The molecular formula is C24H25NO6. The maximum atomic E-state index is 12.2. The summed E-state index contributed by atoms with van der Waals surface area (Å²) >= 11 is 0. The molecule has 3 rings (SSSR count). The van der Waals surface area contributed by atoms with Gasteiger partial charge in [-0.25, -0.2) is 9.59 Å². The predicted octanol–water partition coefficient (Wildman–Crippen LogP) is 3.78. The van der Waals surface area contributed by atoms with E-state index in [0.717, 1.165) is 11.1 Å². The standard InChI is InChI=1S/C24H25NO6/c1-14(2)12-25-23(27)20-10-17-5-6-18(11-21(17)31-24(20)28)30-22(26)13-29-19-8-15(3)7-16(4)9-19/h5-11,14H,12-13H2,1-4H3,(H,25,27). The first-order valence-electron chi connectivity index (χ1n) is 9.99. The molecule has 0 radical (unpaired) electrons. The van der Waals surface area contributed by atoms with E-state index in [1.165, 1.54) is 12.1 Å². The molecule has 2 aromatic carbocycles. The Kier molecular flexibility index (Phi) is 6.74. The number of benzene rings is 2. The average molecular weight is 423 g/mol. The van der Waals surface area contributed by atoms with Gasteiger partial charge in [-0.2, -0.15) is 0 Å². The van der Waals surface area contributed by atoms with E-state index >= 15 is 0 Å². The number of amides is 1. The molecule has 1 amide bonds. The predicted molar refractivity (Wildman–Crippen MR) is 117 cm³/mol. The number of hydrogen-bond donors (Lipinski definition) is 1. The van der Waals surface area contributed by atoms with E-state index in [0.29, 0.717) is 17.7 Å². The van der Waals surface area contributed by atoms with Crippen LogP contribution in [0.1, 0.15) is 35.3 Å². The van der Waals surface area contributed by atoms with Gasteiger partial charge in [0.1, 0.15) is 22.6 Å². The van der Waals surface area contributed by atoms with Crippen molar-refractivity contribution in [2.45, 2.75) is 27.7 Å². The molecule has 0 saturated heterocycles. The number of esters is 1. The minimum atomic E-state index is -0.754. The SMILES string of the molecule is Cc1cc(C)cc(OCC(=O)Oc2ccc3cc(C(=O)NCC(C)C)c(=O)oc3c2)c1. The molecule has 0 aliphatic rings. The molecule has 162 valence electrons. The second-order valence-electron chi connectivity index (χ2n) is 7.84. The van der Waals surface area contributed by atoms with Crippen LogP contribution in [-0.2, 0) is 4.79 Å². The third-order valence-corrected chi connectivity index (χ3v) is 4.41. The molecular weight excluding hydrogens is 398 g/mol. The summed E-state index contributed by atoms with van der Waals surface area (Å²) < 4.78 is 16.0. The van der Waals surface area contributed by atoms with Gasteiger partial charge in [0.25, 0.3) is 5.91 Å². The Hall–Kier alpha value is -3.61. The van der Waals surface area contributed by atoms with Crippen LogP contribution in [0.4, 0.5) is 0 Å². The van der Waals surface area contributed by atoms with Crippen molar-refractivity contribution in [3.63, 3.8) is 0 Å². The van der Waals surface area contributed by atoms with Crippen molar-refractivity contribution in [2.24, 2.45) is 5.92 Å².